The van der Waals surface area contributed by atoms with Gasteiger partial charge < -0.3 is 4.42 Å². The van der Waals surface area contributed by atoms with E-state index in [1.165, 1.54) is 70.4 Å². The first kappa shape index (κ1) is 27.4. The smallest absolute Gasteiger partial charge is 0.166 e. The molecule has 2 aliphatic rings. The number of hydrogen-bond acceptors (Lipinski definition) is 4. The van der Waals surface area contributed by atoms with Crippen molar-refractivity contribution in [3.8, 4) is 39.3 Å². The maximum absolute atomic E-state index is 6.57. The summed E-state index contributed by atoms with van der Waals surface area (Å²) in [6.07, 6.45) is 0. The highest BCUT2D eigenvalue weighted by Gasteiger charge is 2.36. The Kier molecular flexibility index (Phi) is 4.81. The molecule has 0 unspecified atom stereocenters. The molecule has 5 heteroatoms. The Bertz CT molecular complexity index is 3450. The number of furan rings is 1. The van der Waals surface area contributed by atoms with Crippen LogP contribution >= 0.6 is 11.3 Å². The van der Waals surface area contributed by atoms with Crippen LogP contribution in [0.1, 0.15) is 25.0 Å². The van der Waals surface area contributed by atoms with E-state index in [1.54, 1.807) is 11.3 Å². The predicted octanol–water partition coefficient (Wildman–Crippen LogP) is 12.9. The fraction of sp³-hybridized carbons (Fsp3) is 0.0638. The standard InChI is InChI=1S/C47H27N3OS/c1-47(2)31-14-5-3-10-26(31)30-23-25(17-19-32(30)47)43-45(49-46-44(48-43)29-11-4-6-16-37(29)52-46)50-33-20-18-24-9-7-12-27-28-13-8-15-35-39(28)42-36(51-35)22-21-34(50)41(42)40(33)38(24)27/h3-23H,1-2H3. The van der Waals surface area contributed by atoms with Gasteiger partial charge in [0.15, 0.2) is 5.82 Å². The lowest BCUT2D eigenvalue weighted by Crippen LogP contribution is -2.14. The lowest BCUT2D eigenvalue weighted by atomic mass is 9.82. The molecule has 4 nitrogen and oxygen atoms in total. The first-order chi connectivity index (χ1) is 25.5. The number of thiophene rings is 1. The summed E-state index contributed by atoms with van der Waals surface area (Å²) < 4.78 is 10.1. The first-order valence-electron chi connectivity index (χ1n) is 17.8. The van der Waals surface area contributed by atoms with Gasteiger partial charge in [0.25, 0.3) is 0 Å². The highest BCUT2D eigenvalue weighted by molar-refractivity contribution is 7.25. The van der Waals surface area contributed by atoms with Gasteiger partial charge in [-0.05, 0) is 80.6 Å². The maximum Gasteiger partial charge on any atom is 0.166 e. The van der Waals surface area contributed by atoms with Gasteiger partial charge in [0.1, 0.15) is 27.2 Å². The van der Waals surface area contributed by atoms with Gasteiger partial charge in [0, 0.05) is 42.6 Å². The summed E-state index contributed by atoms with van der Waals surface area (Å²) in [5.74, 6) is 0.842. The minimum absolute atomic E-state index is 0.0799. The number of nitrogens with zero attached hydrogens (tertiary/aromatic N) is 3. The molecule has 0 radical (unpaired) electrons. The van der Waals surface area contributed by atoms with Crippen molar-refractivity contribution in [3.63, 3.8) is 0 Å². The van der Waals surface area contributed by atoms with Gasteiger partial charge in [0.2, 0.25) is 0 Å². The van der Waals surface area contributed by atoms with E-state index in [0.717, 1.165) is 55.0 Å². The number of fused-ring (bicyclic) bond motifs is 7. The first-order valence-corrected chi connectivity index (χ1v) is 18.7. The summed E-state index contributed by atoms with van der Waals surface area (Å²) in [5, 5.41) is 8.44. The van der Waals surface area contributed by atoms with Crippen molar-refractivity contribution < 1.29 is 4.42 Å². The van der Waals surface area contributed by atoms with Gasteiger partial charge in [0.05, 0.1) is 11.0 Å². The van der Waals surface area contributed by atoms with Crippen molar-refractivity contribution >= 4 is 86.3 Å². The normalized spacial score (nSPS) is 14.1. The van der Waals surface area contributed by atoms with Crippen LogP contribution in [-0.4, -0.2) is 14.5 Å². The van der Waals surface area contributed by atoms with Crippen LogP contribution in [0.25, 0.3) is 114 Å². The molecular formula is C47H27N3OS. The third-order valence-electron chi connectivity index (χ3n) is 11.9. The average molecular weight is 682 g/mol. The zero-order valence-electron chi connectivity index (χ0n) is 28.3. The van der Waals surface area contributed by atoms with Crippen LogP contribution in [0.5, 0.6) is 0 Å². The Morgan fingerprint density at radius 2 is 1.31 bits per heavy atom. The second kappa shape index (κ2) is 9.13. The fourth-order valence-electron chi connectivity index (χ4n) is 9.68. The van der Waals surface area contributed by atoms with E-state index in [9.17, 15) is 0 Å². The van der Waals surface area contributed by atoms with Crippen LogP contribution in [0.2, 0.25) is 0 Å². The predicted molar refractivity (Wildman–Crippen MR) is 216 cm³/mol. The molecule has 0 spiro atoms. The van der Waals surface area contributed by atoms with Crippen LogP contribution in [-0.2, 0) is 5.41 Å². The SMILES string of the molecule is CC1(C)c2ccccc2-c2cc(-c3nc4c(nc3-n3c5ccc6cccc7c6c5c5c6c(ccc53)oc3cccc-7c36)sc3ccccc34)ccc21. The van der Waals surface area contributed by atoms with E-state index < -0.39 is 0 Å². The van der Waals surface area contributed by atoms with Crippen molar-refractivity contribution in [2.45, 2.75) is 19.3 Å². The number of benzene rings is 7. The van der Waals surface area contributed by atoms with Gasteiger partial charge >= 0.3 is 0 Å². The van der Waals surface area contributed by atoms with E-state index in [1.807, 2.05) is 0 Å². The molecular weight excluding hydrogens is 655 g/mol. The molecule has 242 valence electrons. The van der Waals surface area contributed by atoms with Crippen molar-refractivity contribution in [2.75, 3.05) is 0 Å². The molecule has 7 aromatic carbocycles. The molecule has 52 heavy (non-hydrogen) atoms. The minimum atomic E-state index is -0.0799. The molecule has 0 saturated heterocycles. The van der Waals surface area contributed by atoms with Gasteiger partial charge in [-0.25, -0.2) is 9.97 Å². The van der Waals surface area contributed by atoms with E-state index in [4.69, 9.17) is 14.4 Å². The van der Waals surface area contributed by atoms with Crippen LogP contribution < -0.4 is 0 Å². The third-order valence-corrected chi connectivity index (χ3v) is 13.0. The highest BCUT2D eigenvalue weighted by atomic mass is 32.1. The molecule has 0 amide bonds. The van der Waals surface area contributed by atoms with E-state index in [2.05, 4.69) is 146 Å². The Morgan fingerprint density at radius 1 is 0.577 bits per heavy atom. The third kappa shape index (κ3) is 3.16. The summed E-state index contributed by atoms with van der Waals surface area (Å²) in [7, 11) is 0. The van der Waals surface area contributed by atoms with E-state index in [-0.39, 0.29) is 5.41 Å². The molecule has 0 bridgehead atoms. The fourth-order valence-corrected chi connectivity index (χ4v) is 10.7. The van der Waals surface area contributed by atoms with Crippen molar-refractivity contribution in [2.24, 2.45) is 0 Å². The molecule has 2 aliphatic carbocycles. The lowest BCUT2D eigenvalue weighted by molar-refractivity contribution is 0.660. The molecule has 11 aromatic rings. The lowest BCUT2D eigenvalue weighted by Gasteiger charge is -2.21. The topological polar surface area (TPSA) is 43.9 Å². The van der Waals surface area contributed by atoms with Gasteiger partial charge in [-0.3, -0.25) is 4.57 Å². The summed E-state index contributed by atoms with van der Waals surface area (Å²) in [4.78, 5) is 12.2. The Hall–Kier alpha value is -6.30. The van der Waals surface area contributed by atoms with Crippen molar-refractivity contribution in [3.05, 3.63) is 139 Å². The Morgan fingerprint density at radius 3 is 2.23 bits per heavy atom. The molecule has 0 aliphatic heterocycles. The zero-order valence-corrected chi connectivity index (χ0v) is 29.1. The Balaban J connectivity index is 1.22. The van der Waals surface area contributed by atoms with Gasteiger partial charge in [-0.2, -0.15) is 0 Å². The zero-order chi connectivity index (χ0) is 34.0. The van der Waals surface area contributed by atoms with Crippen LogP contribution in [0, 0.1) is 0 Å². The summed E-state index contributed by atoms with van der Waals surface area (Å²) >= 11 is 1.71. The molecule has 4 aromatic heterocycles. The van der Waals surface area contributed by atoms with Crippen LogP contribution in [0.4, 0.5) is 0 Å². The van der Waals surface area contributed by atoms with Crippen molar-refractivity contribution in [1.82, 2.24) is 14.5 Å². The molecule has 4 heterocycles. The van der Waals surface area contributed by atoms with Gasteiger partial charge in [-0.15, -0.1) is 11.3 Å². The van der Waals surface area contributed by atoms with Crippen LogP contribution in [0.3, 0.4) is 0 Å². The second-order valence-electron chi connectivity index (χ2n) is 14.9. The quantitative estimate of drug-likeness (QED) is 0.182. The van der Waals surface area contributed by atoms with E-state index >= 15 is 0 Å². The molecule has 0 saturated carbocycles. The molecule has 0 N–H and O–H groups in total. The van der Waals surface area contributed by atoms with Crippen LogP contribution in [0.15, 0.2) is 132 Å². The molecule has 0 fully saturated rings. The van der Waals surface area contributed by atoms with E-state index in [0.29, 0.717) is 0 Å². The Labute approximate surface area is 301 Å². The largest absolute Gasteiger partial charge is 0.456 e. The summed E-state index contributed by atoms with van der Waals surface area (Å²) in [5.41, 5.74) is 14.6. The summed E-state index contributed by atoms with van der Waals surface area (Å²) in [6, 6.07) is 46.4. The monoisotopic (exact) mass is 681 g/mol. The summed E-state index contributed by atoms with van der Waals surface area (Å²) in [6.45, 7) is 4.66. The minimum Gasteiger partial charge on any atom is -0.456 e. The number of aromatic nitrogens is 3. The maximum atomic E-state index is 6.57. The average Bonchev–Trinajstić information content (AvgIpc) is 3.88. The second-order valence-corrected chi connectivity index (χ2v) is 15.9. The number of rotatable bonds is 2. The number of hydrogen-bond donors (Lipinski definition) is 0. The highest BCUT2D eigenvalue weighted by Crippen LogP contribution is 2.53. The van der Waals surface area contributed by atoms with Gasteiger partial charge in [-0.1, -0.05) is 105 Å². The molecule has 0 atom stereocenters. The van der Waals surface area contributed by atoms with Crippen molar-refractivity contribution in [1.29, 1.82) is 0 Å². The molecule has 13 rings (SSSR count).